The molecule has 3 saturated heterocycles. The Labute approximate surface area is 178 Å². The van der Waals surface area contributed by atoms with Crippen LogP contribution in [-0.4, -0.2) is 79.3 Å². The second-order valence-electron chi connectivity index (χ2n) is 10.9. The summed E-state index contributed by atoms with van der Waals surface area (Å²) in [4.78, 5) is 10.6. The molecule has 0 amide bonds. The Kier molecular flexibility index (Phi) is 6.24. The van der Waals surface area contributed by atoms with Crippen LogP contribution < -0.4 is 4.90 Å². The Bertz CT molecular complexity index is 636. The Hall–Kier alpha value is -1.10. The lowest BCUT2D eigenvalue weighted by Crippen LogP contribution is -2.54. The van der Waals surface area contributed by atoms with E-state index in [0.29, 0.717) is 11.0 Å². The summed E-state index contributed by atoms with van der Waals surface area (Å²) in [6, 6.07) is 9.02. The van der Waals surface area contributed by atoms with Gasteiger partial charge in [0, 0.05) is 37.4 Å². The molecule has 3 aliphatic heterocycles. The van der Waals surface area contributed by atoms with Crippen LogP contribution in [0.25, 0.3) is 0 Å². The molecule has 3 fully saturated rings. The van der Waals surface area contributed by atoms with E-state index in [0.717, 1.165) is 13.1 Å². The zero-order valence-corrected chi connectivity index (χ0v) is 19.3. The Morgan fingerprint density at radius 3 is 1.79 bits per heavy atom. The van der Waals surface area contributed by atoms with E-state index in [-0.39, 0.29) is 0 Å². The average molecular weight is 399 g/mol. The van der Waals surface area contributed by atoms with Gasteiger partial charge in [0.15, 0.2) is 0 Å². The van der Waals surface area contributed by atoms with Crippen molar-refractivity contribution in [2.24, 2.45) is 5.41 Å². The number of rotatable bonds is 3. The van der Waals surface area contributed by atoms with Crippen molar-refractivity contribution >= 4 is 5.69 Å². The van der Waals surface area contributed by atoms with Crippen molar-refractivity contribution in [3.05, 3.63) is 29.8 Å². The minimum atomic E-state index is 0.336. The third-order valence-electron chi connectivity index (χ3n) is 7.86. The molecule has 4 heteroatoms. The van der Waals surface area contributed by atoms with Gasteiger partial charge in [-0.1, -0.05) is 17.7 Å². The van der Waals surface area contributed by atoms with Gasteiger partial charge in [-0.2, -0.15) is 0 Å². The molecule has 0 unspecified atom stereocenters. The molecule has 0 saturated carbocycles. The van der Waals surface area contributed by atoms with Crippen LogP contribution in [0.5, 0.6) is 0 Å². The molecule has 4 rings (SSSR count). The molecule has 0 N–H and O–H groups in total. The van der Waals surface area contributed by atoms with Crippen LogP contribution >= 0.6 is 0 Å². The first-order chi connectivity index (χ1) is 13.8. The minimum absolute atomic E-state index is 0.336. The zero-order chi connectivity index (χ0) is 20.5. The lowest BCUT2D eigenvalue weighted by molar-refractivity contribution is -0.00864. The number of piperidine rings is 2. The highest BCUT2D eigenvalue weighted by Crippen LogP contribution is 2.42. The van der Waals surface area contributed by atoms with Crippen LogP contribution in [0.2, 0.25) is 0 Å². The third kappa shape index (κ3) is 5.15. The van der Waals surface area contributed by atoms with E-state index >= 15 is 0 Å². The Morgan fingerprint density at radius 2 is 1.24 bits per heavy atom. The molecule has 1 aromatic carbocycles. The van der Waals surface area contributed by atoms with Gasteiger partial charge in [-0.05, 0) is 97.1 Å². The summed E-state index contributed by atoms with van der Waals surface area (Å²) in [7, 11) is 0. The standard InChI is InChI=1S/C25H42N4/c1-22-5-7-23(8-6-22)28-19-17-27(18-20-28)21-26-13-9-25(10-14-26)11-15-29(16-12-25)24(2,3)4/h5-8H,9-21H2,1-4H3. The topological polar surface area (TPSA) is 13.0 Å². The van der Waals surface area contributed by atoms with E-state index in [4.69, 9.17) is 0 Å². The molecule has 1 spiro atoms. The smallest absolute Gasteiger partial charge is 0.0507 e. The van der Waals surface area contributed by atoms with Crippen LogP contribution in [0, 0.1) is 12.3 Å². The van der Waals surface area contributed by atoms with E-state index in [9.17, 15) is 0 Å². The molecule has 0 radical (unpaired) electrons. The highest BCUT2D eigenvalue weighted by Gasteiger charge is 2.39. The summed E-state index contributed by atoms with van der Waals surface area (Å²) >= 11 is 0. The molecule has 1 aromatic rings. The molecule has 0 bridgehead atoms. The number of nitrogens with zero attached hydrogens (tertiary/aromatic N) is 4. The molecule has 29 heavy (non-hydrogen) atoms. The summed E-state index contributed by atoms with van der Waals surface area (Å²) in [6.07, 6.45) is 5.64. The van der Waals surface area contributed by atoms with Gasteiger partial charge in [0.05, 0.1) is 6.67 Å². The number of piperazine rings is 1. The maximum absolute atomic E-state index is 2.73. The Morgan fingerprint density at radius 1 is 0.724 bits per heavy atom. The van der Waals surface area contributed by atoms with E-state index in [2.05, 4.69) is 71.6 Å². The van der Waals surface area contributed by atoms with E-state index in [1.54, 1.807) is 0 Å². The third-order valence-corrected chi connectivity index (χ3v) is 7.86. The van der Waals surface area contributed by atoms with Crippen molar-refractivity contribution in [2.75, 3.05) is 63.9 Å². The molecule has 162 valence electrons. The molecular formula is C25H42N4. The number of benzene rings is 1. The van der Waals surface area contributed by atoms with E-state index in [1.165, 1.54) is 82.9 Å². The maximum Gasteiger partial charge on any atom is 0.0507 e. The van der Waals surface area contributed by atoms with Crippen LogP contribution in [0.1, 0.15) is 52.0 Å². The molecule has 3 heterocycles. The maximum atomic E-state index is 2.73. The van der Waals surface area contributed by atoms with Gasteiger partial charge in [-0.3, -0.25) is 14.7 Å². The normalized spacial score (nSPS) is 24.9. The van der Waals surface area contributed by atoms with Crippen LogP contribution in [0.3, 0.4) is 0 Å². The highest BCUT2D eigenvalue weighted by molar-refractivity contribution is 5.47. The van der Waals surface area contributed by atoms with Gasteiger partial charge < -0.3 is 4.90 Å². The number of hydrogen-bond acceptors (Lipinski definition) is 4. The van der Waals surface area contributed by atoms with Gasteiger partial charge in [-0.15, -0.1) is 0 Å². The van der Waals surface area contributed by atoms with E-state index in [1.807, 2.05) is 0 Å². The van der Waals surface area contributed by atoms with Crippen molar-refractivity contribution in [1.82, 2.24) is 14.7 Å². The van der Waals surface area contributed by atoms with Crippen LogP contribution in [0.15, 0.2) is 24.3 Å². The summed E-state index contributed by atoms with van der Waals surface area (Å²) < 4.78 is 0. The fraction of sp³-hybridized carbons (Fsp3) is 0.760. The van der Waals surface area contributed by atoms with Gasteiger partial charge in [0.1, 0.15) is 0 Å². The van der Waals surface area contributed by atoms with Gasteiger partial charge in [0.2, 0.25) is 0 Å². The molecule has 3 aliphatic rings. The van der Waals surface area contributed by atoms with Gasteiger partial charge in [0.25, 0.3) is 0 Å². The second kappa shape index (κ2) is 8.56. The molecular weight excluding hydrogens is 356 g/mol. The van der Waals surface area contributed by atoms with Gasteiger partial charge >= 0.3 is 0 Å². The first-order valence-corrected chi connectivity index (χ1v) is 11.8. The van der Waals surface area contributed by atoms with Crippen LogP contribution in [-0.2, 0) is 0 Å². The fourth-order valence-corrected chi connectivity index (χ4v) is 5.51. The Balaban J connectivity index is 1.20. The predicted molar refractivity (Wildman–Crippen MR) is 124 cm³/mol. The quantitative estimate of drug-likeness (QED) is 0.761. The summed E-state index contributed by atoms with van der Waals surface area (Å²) in [5.74, 6) is 0. The molecule has 4 nitrogen and oxygen atoms in total. The first kappa shape index (κ1) is 21.1. The number of aryl methyl sites for hydroxylation is 1. The zero-order valence-electron chi connectivity index (χ0n) is 19.3. The second-order valence-corrected chi connectivity index (χ2v) is 10.9. The monoisotopic (exact) mass is 398 g/mol. The van der Waals surface area contributed by atoms with Crippen molar-refractivity contribution in [3.8, 4) is 0 Å². The summed E-state index contributed by atoms with van der Waals surface area (Å²) in [5, 5.41) is 0. The van der Waals surface area contributed by atoms with Crippen molar-refractivity contribution in [3.63, 3.8) is 0 Å². The van der Waals surface area contributed by atoms with Crippen molar-refractivity contribution in [2.45, 2.75) is 58.9 Å². The average Bonchev–Trinajstić information content (AvgIpc) is 2.71. The van der Waals surface area contributed by atoms with Crippen LogP contribution in [0.4, 0.5) is 5.69 Å². The lowest BCUT2D eigenvalue weighted by atomic mass is 9.70. The molecule has 0 atom stereocenters. The minimum Gasteiger partial charge on any atom is -0.369 e. The molecule has 0 aliphatic carbocycles. The predicted octanol–water partition coefficient (Wildman–Crippen LogP) is 4.05. The SMILES string of the molecule is Cc1ccc(N2CCN(CN3CCC4(CC3)CCN(C(C)(C)C)CC4)CC2)cc1. The number of likely N-dealkylation sites (tertiary alicyclic amines) is 2. The largest absolute Gasteiger partial charge is 0.369 e. The van der Waals surface area contributed by atoms with E-state index < -0.39 is 0 Å². The fourth-order valence-electron chi connectivity index (χ4n) is 5.51. The van der Waals surface area contributed by atoms with Crippen molar-refractivity contribution in [1.29, 1.82) is 0 Å². The van der Waals surface area contributed by atoms with Crippen molar-refractivity contribution < 1.29 is 0 Å². The molecule has 0 aromatic heterocycles. The number of hydrogen-bond donors (Lipinski definition) is 0. The summed E-state index contributed by atoms with van der Waals surface area (Å²) in [5.41, 5.74) is 3.71. The lowest BCUT2D eigenvalue weighted by Gasteiger charge is -2.50. The number of anilines is 1. The van der Waals surface area contributed by atoms with Gasteiger partial charge in [-0.25, -0.2) is 0 Å². The first-order valence-electron chi connectivity index (χ1n) is 11.8. The highest BCUT2D eigenvalue weighted by atomic mass is 15.4. The summed E-state index contributed by atoms with van der Waals surface area (Å²) in [6.45, 7) is 20.3.